The number of imidazole rings is 1. The summed E-state index contributed by atoms with van der Waals surface area (Å²) in [5.41, 5.74) is -1.08. The molecule has 1 saturated heterocycles. The summed E-state index contributed by atoms with van der Waals surface area (Å²) >= 11 is 0. The van der Waals surface area contributed by atoms with Crippen molar-refractivity contribution in [1.29, 1.82) is 0 Å². The van der Waals surface area contributed by atoms with Gasteiger partial charge in [-0.25, -0.2) is 14.6 Å². The summed E-state index contributed by atoms with van der Waals surface area (Å²) in [6.45, 7) is 4.23. The van der Waals surface area contributed by atoms with E-state index in [0.717, 1.165) is 0 Å². The van der Waals surface area contributed by atoms with Crippen LogP contribution in [0, 0.1) is 0 Å². The number of carboxylic acids is 1. The zero-order valence-electron chi connectivity index (χ0n) is 12.4. The second-order valence-corrected chi connectivity index (χ2v) is 5.33. The Morgan fingerprint density at radius 1 is 1.57 bits per heavy atom. The minimum atomic E-state index is -1.08. The Morgan fingerprint density at radius 3 is 2.86 bits per heavy atom. The number of likely N-dealkylation sites (tertiary alicyclic amines) is 1. The number of amides is 2. The van der Waals surface area contributed by atoms with E-state index in [1.807, 2.05) is 13.8 Å². The Labute approximate surface area is 123 Å². The lowest BCUT2D eigenvalue weighted by Crippen LogP contribution is -2.56. The van der Waals surface area contributed by atoms with Gasteiger partial charge >= 0.3 is 12.0 Å². The number of hydrogen-bond acceptors (Lipinski definition) is 3. The monoisotopic (exact) mass is 294 g/mol. The maximum Gasteiger partial charge on any atom is 0.329 e. The zero-order chi connectivity index (χ0) is 15.5. The van der Waals surface area contributed by atoms with Gasteiger partial charge in [-0.2, -0.15) is 0 Å². The van der Waals surface area contributed by atoms with Crippen LogP contribution in [0.5, 0.6) is 0 Å². The highest BCUT2D eigenvalue weighted by atomic mass is 16.4. The van der Waals surface area contributed by atoms with Gasteiger partial charge in [-0.3, -0.25) is 0 Å². The van der Waals surface area contributed by atoms with Gasteiger partial charge in [0.2, 0.25) is 0 Å². The molecule has 7 heteroatoms. The molecule has 1 aliphatic heterocycles. The number of aromatic amines is 1. The summed E-state index contributed by atoms with van der Waals surface area (Å²) in [5, 5.41) is 12.4. The summed E-state index contributed by atoms with van der Waals surface area (Å²) < 4.78 is 0. The number of carbonyl (C=O) groups excluding carboxylic acids is 1. The van der Waals surface area contributed by atoms with Crippen molar-refractivity contribution in [3.05, 3.63) is 18.2 Å². The van der Waals surface area contributed by atoms with Gasteiger partial charge in [0.25, 0.3) is 0 Å². The van der Waals surface area contributed by atoms with Crippen LogP contribution in [0.15, 0.2) is 12.4 Å². The van der Waals surface area contributed by atoms with E-state index < -0.39 is 11.5 Å². The predicted octanol–water partition coefficient (Wildman–Crippen LogP) is 1.90. The second kappa shape index (κ2) is 6.15. The molecule has 2 amide bonds. The normalized spacial score (nSPS) is 23.0. The molecule has 0 spiro atoms. The summed E-state index contributed by atoms with van der Waals surface area (Å²) in [7, 11) is 0. The van der Waals surface area contributed by atoms with Crippen molar-refractivity contribution in [3.63, 3.8) is 0 Å². The van der Waals surface area contributed by atoms with Gasteiger partial charge in [0.15, 0.2) is 0 Å². The lowest BCUT2D eigenvalue weighted by Gasteiger charge is -2.34. The molecule has 21 heavy (non-hydrogen) atoms. The first-order chi connectivity index (χ1) is 10.0. The van der Waals surface area contributed by atoms with E-state index in [0.29, 0.717) is 38.1 Å². The largest absolute Gasteiger partial charge is 0.479 e. The van der Waals surface area contributed by atoms with E-state index in [9.17, 15) is 14.7 Å². The number of aliphatic carboxylic acids is 1. The molecule has 2 rings (SSSR count). The molecule has 0 saturated carbocycles. The average Bonchev–Trinajstić information content (AvgIpc) is 3.13. The molecular weight excluding hydrogens is 272 g/mol. The van der Waals surface area contributed by atoms with E-state index in [-0.39, 0.29) is 12.1 Å². The standard InChI is InChI=1S/C14H22N4O3/c1-3-10(11-15-7-8-16-11)17-13(21)18-9-5-6-14(18,4-2)12(19)20/h7-8,10H,3-6,9H2,1-2H3,(H,15,16)(H,17,21)(H,19,20). The molecule has 1 fully saturated rings. The van der Waals surface area contributed by atoms with Gasteiger partial charge in [0, 0.05) is 18.9 Å². The maximum absolute atomic E-state index is 12.5. The van der Waals surface area contributed by atoms with Crippen molar-refractivity contribution < 1.29 is 14.7 Å². The molecule has 7 nitrogen and oxygen atoms in total. The van der Waals surface area contributed by atoms with Crippen LogP contribution in [-0.4, -0.2) is 44.1 Å². The van der Waals surface area contributed by atoms with Crippen LogP contribution in [-0.2, 0) is 4.79 Å². The van der Waals surface area contributed by atoms with Gasteiger partial charge in [-0.05, 0) is 25.7 Å². The topological polar surface area (TPSA) is 98.3 Å². The first kappa shape index (κ1) is 15.3. The molecule has 0 aliphatic carbocycles. The molecule has 3 N–H and O–H groups in total. The molecule has 0 bridgehead atoms. The zero-order valence-corrected chi connectivity index (χ0v) is 12.4. The van der Waals surface area contributed by atoms with E-state index >= 15 is 0 Å². The molecule has 0 radical (unpaired) electrons. The minimum Gasteiger partial charge on any atom is -0.479 e. The summed E-state index contributed by atoms with van der Waals surface area (Å²) in [6, 6.07) is -0.573. The van der Waals surface area contributed by atoms with Gasteiger partial charge in [-0.15, -0.1) is 0 Å². The molecule has 0 aromatic carbocycles. The van der Waals surface area contributed by atoms with Crippen LogP contribution in [0.4, 0.5) is 4.79 Å². The summed E-state index contributed by atoms with van der Waals surface area (Å²) in [4.78, 5) is 32.7. The molecule has 2 unspecified atom stereocenters. The van der Waals surface area contributed by atoms with Crippen molar-refractivity contribution in [2.24, 2.45) is 0 Å². The molecular formula is C14H22N4O3. The Hall–Kier alpha value is -2.05. The van der Waals surface area contributed by atoms with Gasteiger partial charge in [0.1, 0.15) is 11.4 Å². The fourth-order valence-electron chi connectivity index (χ4n) is 2.97. The quantitative estimate of drug-likeness (QED) is 0.772. The highest BCUT2D eigenvalue weighted by Crippen LogP contribution is 2.33. The highest BCUT2D eigenvalue weighted by Gasteiger charge is 2.48. The third kappa shape index (κ3) is 2.72. The molecule has 1 aromatic rings. The van der Waals surface area contributed by atoms with Crippen molar-refractivity contribution in [3.8, 4) is 0 Å². The number of nitrogens with one attached hydrogen (secondary N) is 2. The molecule has 2 heterocycles. The smallest absolute Gasteiger partial charge is 0.329 e. The van der Waals surface area contributed by atoms with E-state index in [4.69, 9.17) is 0 Å². The van der Waals surface area contributed by atoms with Crippen LogP contribution >= 0.6 is 0 Å². The van der Waals surface area contributed by atoms with Gasteiger partial charge < -0.3 is 20.3 Å². The maximum atomic E-state index is 12.5. The van der Waals surface area contributed by atoms with E-state index in [1.54, 1.807) is 12.4 Å². The molecule has 1 aromatic heterocycles. The van der Waals surface area contributed by atoms with Crippen LogP contribution in [0.1, 0.15) is 51.4 Å². The van der Waals surface area contributed by atoms with Gasteiger partial charge in [-0.1, -0.05) is 13.8 Å². The Morgan fingerprint density at radius 2 is 2.33 bits per heavy atom. The first-order valence-corrected chi connectivity index (χ1v) is 7.36. The first-order valence-electron chi connectivity index (χ1n) is 7.36. The van der Waals surface area contributed by atoms with Crippen molar-refractivity contribution in [1.82, 2.24) is 20.2 Å². The van der Waals surface area contributed by atoms with Crippen LogP contribution in [0.3, 0.4) is 0 Å². The average molecular weight is 294 g/mol. The Bertz CT molecular complexity index is 502. The number of nitrogens with zero attached hydrogens (tertiary/aromatic N) is 2. The molecule has 116 valence electrons. The fraction of sp³-hybridized carbons (Fsp3) is 0.643. The van der Waals surface area contributed by atoms with Crippen molar-refractivity contribution >= 4 is 12.0 Å². The van der Waals surface area contributed by atoms with Crippen LogP contribution < -0.4 is 5.32 Å². The minimum absolute atomic E-state index is 0.239. The second-order valence-electron chi connectivity index (χ2n) is 5.33. The van der Waals surface area contributed by atoms with E-state index in [2.05, 4.69) is 15.3 Å². The number of carboxylic acid groups (broad SMARTS) is 1. The lowest BCUT2D eigenvalue weighted by molar-refractivity contribution is -0.148. The summed E-state index contributed by atoms with van der Waals surface area (Å²) in [6.07, 6.45) is 5.64. The third-order valence-corrected chi connectivity index (χ3v) is 4.27. The number of H-pyrrole nitrogens is 1. The summed E-state index contributed by atoms with van der Waals surface area (Å²) in [5.74, 6) is -0.244. The third-order valence-electron chi connectivity index (χ3n) is 4.27. The molecule has 1 aliphatic rings. The van der Waals surface area contributed by atoms with Crippen LogP contribution in [0.25, 0.3) is 0 Å². The van der Waals surface area contributed by atoms with Crippen molar-refractivity contribution in [2.45, 2.75) is 51.1 Å². The van der Waals surface area contributed by atoms with Crippen LogP contribution in [0.2, 0.25) is 0 Å². The SMILES string of the molecule is CCC(NC(=O)N1CCCC1(CC)C(=O)O)c1ncc[nH]1. The predicted molar refractivity (Wildman–Crippen MR) is 76.7 cm³/mol. The number of hydrogen-bond donors (Lipinski definition) is 3. The van der Waals surface area contributed by atoms with Crippen molar-refractivity contribution in [2.75, 3.05) is 6.54 Å². The molecule has 2 atom stereocenters. The van der Waals surface area contributed by atoms with Gasteiger partial charge in [0.05, 0.1) is 6.04 Å². The Balaban J connectivity index is 2.13. The number of urea groups is 1. The van der Waals surface area contributed by atoms with E-state index in [1.165, 1.54) is 4.90 Å². The fourth-order valence-corrected chi connectivity index (χ4v) is 2.97. The highest BCUT2D eigenvalue weighted by molar-refractivity contribution is 5.87. The number of rotatable bonds is 5. The number of carbonyl (C=O) groups is 2. The number of aromatic nitrogens is 2. The lowest BCUT2D eigenvalue weighted by atomic mass is 9.93. The Kier molecular flexibility index (Phi) is 4.50.